The van der Waals surface area contributed by atoms with Crippen molar-refractivity contribution in [2.45, 2.75) is 13.5 Å². The first kappa shape index (κ1) is 19.9. The maximum atomic E-state index is 12.7. The lowest BCUT2D eigenvalue weighted by atomic mass is 10.2. The highest BCUT2D eigenvalue weighted by Crippen LogP contribution is 2.15. The molecule has 7 nitrogen and oxygen atoms in total. The number of rotatable bonds is 7. The first-order valence-electron chi connectivity index (χ1n) is 9.13. The molecule has 3 rings (SSSR count). The number of aromatic nitrogens is 2. The van der Waals surface area contributed by atoms with Crippen molar-refractivity contribution in [3.8, 4) is 0 Å². The van der Waals surface area contributed by atoms with E-state index >= 15 is 0 Å². The van der Waals surface area contributed by atoms with Crippen LogP contribution in [0.1, 0.15) is 28.5 Å². The summed E-state index contributed by atoms with van der Waals surface area (Å²) in [7, 11) is 0. The molecule has 29 heavy (non-hydrogen) atoms. The van der Waals surface area contributed by atoms with Gasteiger partial charge in [0.25, 0.3) is 0 Å². The largest absolute Gasteiger partial charge is 0.461 e. The molecule has 148 valence electrons. The summed E-state index contributed by atoms with van der Waals surface area (Å²) < 4.78 is 11.4. The minimum atomic E-state index is -0.731. The van der Waals surface area contributed by atoms with Crippen LogP contribution >= 0.6 is 0 Å². The molecule has 0 fully saturated rings. The van der Waals surface area contributed by atoms with E-state index in [-0.39, 0.29) is 24.9 Å². The lowest BCUT2D eigenvalue weighted by molar-refractivity contribution is 0.0511. The number of carbonyl (C=O) groups excluding carboxylic acids is 2. The fraction of sp³-hybridized carbons (Fsp3) is 0.136. The van der Waals surface area contributed by atoms with Crippen LogP contribution in [0.2, 0.25) is 0 Å². The van der Waals surface area contributed by atoms with Gasteiger partial charge in [-0.3, -0.25) is 0 Å². The predicted molar refractivity (Wildman–Crippen MR) is 109 cm³/mol. The quantitative estimate of drug-likeness (QED) is 0.604. The van der Waals surface area contributed by atoms with E-state index in [4.69, 9.17) is 9.47 Å². The lowest BCUT2D eigenvalue weighted by Gasteiger charge is -2.10. The maximum absolute atomic E-state index is 12.7. The van der Waals surface area contributed by atoms with E-state index in [9.17, 15) is 9.59 Å². The molecule has 0 bridgehead atoms. The van der Waals surface area contributed by atoms with Gasteiger partial charge in [0.15, 0.2) is 5.69 Å². The third kappa shape index (κ3) is 5.32. The Labute approximate surface area is 168 Å². The van der Waals surface area contributed by atoms with Crippen LogP contribution < -0.4 is 5.32 Å². The van der Waals surface area contributed by atoms with E-state index in [0.717, 1.165) is 15.7 Å². The number of nitrogens with one attached hydrogen (secondary N) is 1. The molecule has 0 aliphatic carbocycles. The van der Waals surface area contributed by atoms with Gasteiger partial charge in [0, 0.05) is 6.20 Å². The highest BCUT2D eigenvalue weighted by Gasteiger charge is 2.23. The van der Waals surface area contributed by atoms with Crippen LogP contribution in [0.25, 0.3) is 6.08 Å². The van der Waals surface area contributed by atoms with E-state index in [1.54, 1.807) is 13.1 Å². The first-order chi connectivity index (χ1) is 14.2. The Morgan fingerprint density at radius 3 is 2.41 bits per heavy atom. The van der Waals surface area contributed by atoms with Crippen molar-refractivity contribution in [1.82, 2.24) is 9.55 Å². The predicted octanol–water partition coefficient (Wildman–Crippen LogP) is 4.33. The van der Waals surface area contributed by atoms with E-state index in [1.165, 1.54) is 6.20 Å². The van der Waals surface area contributed by atoms with Crippen LogP contribution in [-0.4, -0.2) is 28.2 Å². The highest BCUT2D eigenvalue weighted by molar-refractivity contribution is 5.93. The average molecular weight is 391 g/mol. The normalized spacial score (nSPS) is 10.7. The van der Waals surface area contributed by atoms with Gasteiger partial charge in [-0.2, -0.15) is 0 Å². The second kappa shape index (κ2) is 9.89. The molecular weight excluding hydrogens is 370 g/mol. The molecule has 2 aromatic carbocycles. The smallest absolute Gasteiger partial charge is 0.421 e. The fourth-order valence-corrected chi connectivity index (χ4v) is 2.55. The van der Waals surface area contributed by atoms with E-state index in [1.807, 2.05) is 66.7 Å². The van der Waals surface area contributed by atoms with Crippen LogP contribution in [-0.2, 0) is 16.1 Å². The summed E-state index contributed by atoms with van der Waals surface area (Å²) in [5, 5.41) is 2.92. The van der Waals surface area contributed by atoms with Crippen molar-refractivity contribution in [3.05, 3.63) is 89.9 Å². The molecule has 1 aromatic heterocycles. The van der Waals surface area contributed by atoms with E-state index < -0.39 is 12.1 Å². The Hall–Kier alpha value is -3.87. The number of hydrogen-bond donors (Lipinski definition) is 1. The summed E-state index contributed by atoms with van der Waals surface area (Å²) in [6.07, 6.45) is 4.00. The van der Waals surface area contributed by atoms with Gasteiger partial charge in [0.2, 0.25) is 5.95 Å². The number of anilines is 1. The number of nitrogens with zero attached hydrogens (tertiary/aromatic N) is 2. The zero-order valence-electron chi connectivity index (χ0n) is 15.9. The van der Waals surface area contributed by atoms with Gasteiger partial charge in [0.05, 0.1) is 12.8 Å². The van der Waals surface area contributed by atoms with Gasteiger partial charge < -0.3 is 14.8 Å². The fourth-order valence-electron chi connectivity index (χ4n) is 2.55. The molecule has 3 aromatic rings. The molecule has 0 saturated heterocycles. The molecule has 0 spiro atoms. The van der Waals surface area contributed by atoms with Crippen molar-refractivity contribution in [1.29, 1.82) is 0 Å². The highest BCUT2D eigenvalue weighted by atomic mass is 16.6. The zero-order chi connectivity index (χ0) is 20.5. The third-order valence-electron chi connectivity index (χ3n) is 3.92. The van der Waals surface area contributed by atoms with Gasteiger partial charge in [0.1, 0.15) is 6.61 Å². The summed E-state index contributed by atoms with van der Waals surface area (Å²) >= 11 is 0. The van der Waals surface area contributed by atoms with Gasteiger partial charge >= 0.3 is 12.1 Å². The number of esters is 1. The van der Waals surface area contributed by atoms with Gasteiger partial charge in [-0.1, -0.05) is 60.7 Å². The Kier molecular flexibility index (Phi) is 6.78. The number of ether oxygens (including phenoxy) is 2. The molecule has 1 heterocycles. The molecule has 7 heteroatoms. The molecule has 0 amide bonds. The van der Waals surface area contributed by atoms with Gasteiger partial charge in [-0.05, 0) is 24.1 Å². The number of carbonyl (C=O) groups is 2. The molecule has 0 radical (unpaired) electrons. The second-order valence-corrected chi connectivity index (χ2v) is 5.95. The molecule has 0 aliphatic rings. The second-order valence-electron chi connectivity index (χ2n) is 5.95. The van der Waals surface area contributed by atoms with E-state index in [2.05, 4.69) is 10.3 Å². The van der Waals surface area contributed by atoms with Crippen molar-refractivity contribution in [2.24, 2.45) is 0 Å². The van der Waals surface area contributed by atoms with Gasteiger partial charge in [-0.25, -0.2) is 19.1 Å². The molecule has 0 aliphatic heterocycles. The summed E-state index contributed by atoms with van der Waals surface area (Å²) in [6.45, 7) is 1.94. The summed E-state index contributed by atoms with van der Waals surface area (Å²) in [5.74, 6) is -0.505. The van der Waals surface area contributed by atoms with Crippen molar-refractivity contribution < 1.29 is 19.1 Å². The summed E-state index contributed by atoms with van der Waals surface area (Å²) in [4.78, 5) is 29.0. The van der Waals surface area contributed by atoms with Crippen LogP contribution in [0.3, 0.4) is 0 Å². The van der Waals surface area contributed by atoms with Gasteiger partial charge in [-0.15, -0.1) is 0 Å². The average Bonchev–Trinajstić information content (AvgIpc) is 3.18. The summed E-state index contributed by atoms with van der Waals surface area (Å²) in [5.41, 5.74) is 1.79. The Balaban J connectivity index is 1.79. The molecule has 1 N–H and O–H groups in total. The first-order valence-corrected chi connectivity index (χ1v) is 9.13. The zero-order valence-corrected chi connectivity index (χ0v) is 15.9. The SMILES string of the molecule is CCOC(=O)c1cnc(N/C=C/c2ccccc2)n1C(=O)OCc1ccccc1. The Morgan fingerprint density at radius 2 is 1.72 bits per heavy atom. The number of benzene rings is 2. The van der Waals surface area contributed by atoms with Crippen molar-refractivity contribution >= 4 is 24.1 Å². The summed E-state index contributed by atoms with van der Waals surface area (Å²) in [6, 6.07) is 18.9. The maximum Gasteiger partial charge on any atom is 0.421 e. The van der Waals surface area contributed by atoms with Crippen LogP contribution in [0.4, 0.5) is 10.7 Å². The molecule has 0 atom stereocenters. The number of hydrogen-bond acceptors (Lipinski definition) is 6. The molecule has 0 saturated carbocycles. The molecule has 0 unspecified atom stereocenters. The number of imidazole rings is 1. The monoisotopic (exact) mass is 391 g/mol. The van der Waals surface area contributed by atoms with Crippen LogP contribution in [0, 0.1) is 0 Å². The third-order valence-corrected chi connectivity index (χ3v) is 3.92. The lowest BCUT2D eigenvalue weighted by Crippen LogP contribution is -2.21. The molecular formula is C22H21N3O4. The Bertz CT molecular complexity index is 982. The van der Waals surface area contributed by atoms with E-state index in [0.29, 0.717) is 0 Å². The van der Waals surface area contributed by atoms with Crippen molar-refractivity contribution in [3.63, 3.8) is 0 Å². The standard InChI is InChI=1S/C22H21N3O4/c1-2-28-20(26)19-15-24-21(23-14-13-17-9-5-3-6-10-17)25(19)22(27)29-16-18-11-7-4-8-12-18/h3-15H,2,16H2,1H3,(H,23,24)/b14-13+. The van der Waals surface area contributed by atoms with Crippen LogP contribution in [0.5, 0.6) is 0 Å². The minimum Gasteiger partial charge on any atom is -0.461 e. The van der Waals surface area contributed by atoms with Crippen molar-refractivity contribution in [2.75, 3.05) is 11.9 Å². The topological polar surface area (TPSA) is 82.5 Å². The van der Waals surface area contributed by atoms with Crippen LogP contribution in [0.15, 0.2) is 73.1 Å². The minimum absolute atomic E-state index is 0.0134. The Morgan fingerprint density at radius 1 is 1.03 bits per heavy atom.